The number of unbranched alkanes of at least 4 members (excludes halogenated alkanes) is 12. The van der Waals surface area contributed by atoms with Gasteiger partial charge in [0.05, 0.1) is 0 Å². The van der Waals surface area contributed by atoms with Crippen molar-refractivity contribution in [2.45, 2.75) is 96.8 Å². The number of rotatable bonds is 15. The van der Waals surface area contributed by atoms with Gasteiger partial charge < -0.3 is 5.11 Å². The average Bonchev–Trinajstić information content (AvgIpc) is 2.43. The molecule has 0 atom stereocenters. The third-order valence-corrected chi connectivity index (χ3v) is 3.67. The molecule has 0 saturated heterocycles. The molecule has 0 aliphatic rings. The lowest BCUT2D eigenvalue weighted by molar-refractivity contribution is 0.282. The van der Waals surface area contributed by atoms with Gasteiger partial charge in [0, 0.05) is 6.61 Å². The fraction of sp³-hybridized carbons (Fsp3) is 0.889. The Morgan fingerprint density at radius 2 is 1.00 bits per heavy atom. The maximum atomic E-state index is 8.66. The first-order valence-electron chi connectivity index (χ1n) is 8.67. The van der Waals surface area contributed by atoms with E-state index >= 15 is 0 Å². The molecule has 0 aromatic carbocycles. The van der Waals surface area contributed by atoms with Gasteiger partial charge in [0.25, 0.3) is 0 Å². The molecule has 19 heavy (non-hydrogen) atoms. The van der Waals surface area contributed by atoms with Crippen molar-refractivity contribution in [3.63, 3.8) is 0 Å². The summed E-state index contributed by atoms with van der Waals surface area (Å²) in [4.78, 5) is 0. The van der Waals surface area contributed by atoms with E-state index in [1.807, 2.05) is 0 Å². The third kappa shape index (κ3) is 17.7. The van der Waals surface area contributed by atoms with Crippen LogP contribution in [0.25, 0.3) is 0 Å². The largest absolute Gasteiger partial charge is 0.396 e. The minimum absolute atomic E-state index is 0.362. The van der Waals surface area contributed by atoms with Crippen molar-refractivity contribution in [2.24, 2.45) is 0 Å². The molecule has 0 amide bonds. The zero-order chi connectivity index (χ0) is 14.0. The van der Waals surface area contributed by atoms with Crippen molar-refractivity contribution in [1.29, 1.82) is 0 Å². The van der Waals surface area contributed by atoms with Gasteiger partial charge >= 0.3 is 0 Å². The number of hydrogen-bond acceptors (Lipinski definition) is 1. The molecular formula is C18H36O. The highest BCUT2D eigenvalue weighted by atomic mass is 16.2. The SMILES string of the molecule is CCCCCCCC/C=C/CCCCCCCCO. The first-order chi connectivity index (χ1) is 9.41. The van der Waals surface area contributed by atoms with Gasteiger partial charge in [0.1, 0.15) is 0 Å². The molecule has 1 N–H and O–H groups in total. The van der Waals surface area contributed by atoms with E-state index in [0.29, 0.717) is 6.61 Å². The molecule has 0 bridgehead atoms. The van der Waals surface area contributed by atoms with Crippen LogP contribution < -0.4 is 0 Å². The number of hydrogen-bond donors (Lipinski definition) is 1. The lowest BCUT2D eigenvalue weighted by Crippen LogP contribution is -1.83. The third-order valence-electron chi connectivity index (χ3n) is 3.67. The van der Waals surface area contributed by atoms with Gasteiger partial charge in [0.2, 0.25) is 0 Å². The Labute approximate surface area is 121 Å². The smallest absolute Gasteiger partial charge is 0.0431 e. The van der Waals surface area contributed by atoms with Crippen molar-refractivity contribution in [3.05, 3.63) is 12.2 Å². The van der Waals surface area contributed by atoms with Crippen molar-refractivity contribution in [3.8, 4) is 0 Å². The molecule has 114 valence electrons. The molecule has 0 aromatic rings. The molecule has 0 aromatic heterocycles. The minimum Gasteiger partial charge on any atom is -0.396 e. The monoisotopic (exact) mass is 268 g/mol. The van der Waals surface area contributed by atoms with Gasteiger partial charge in [-0.1, -0.05) is 76.9 Å². The summed E-state index contributed by atoms with van der Waals surface area (Å²) in [5.74, 6) is 0. The first-order valence-corrected chi connectivity index (χ1v) is 8.67. The van der Waals surface area contributed by atoms with E-state index in [9.17, 15) is 0 Å². The van der Waals surface area contributed by atoms with Crippen LogP contribution in [0.2, 0.25) is 0 Å². The lowest BCUT2D eigenvalue weighted by Gasteiger charge is -1.99. The highest BCUT2D eigenvalue weighted by Crippen LogP contribution is 2.09. The highest BCUT2D eigenvalue weighted by molar-refractivity contribution is 4.81. The van der Waals surface area contributed by atoms with Crippen LogP contribution in [-0.4, -0.2) is 11.7 Å². The second-order valence-electron chi connectivity index (χ2n) is 5.66. The van der Waals surface area contributed by atoms with Crippen molar-refractivity contribution in [2.75, 3.05) is 6.61 Å². The van der Waals surface area contributed by atoms with E-state index in [0.717, 1.165) is 6.42 Å². The molecule has 0 heterocycles. The van der Waals surface area contributed by atoms with Crippen LogP contribution in [0.5, 0.6) is 0 Å². The van der Waals surface area contributed by atoms with E-state index in [1.165, 1.54) is 83.5 Å². The van der Waals surface area contributed by atoms with Crippen LogP contribution in [0, 0.1) is 0 Å². The maximum Gasteiger partial charge on any atom is 0.0431 e. The van der Waals surface area contributed by atoms with Crippen molar-refractivity contribution >= 4 is 0 Å². The number of aliphatic hydroxyl groups excluding tert-OH is 1. The molecule has 1 heteroatoms. The molecule has 0 rings (SSSR count). The van der Waals surface area contributed by atoms with Gasteiger partial charge in [-0.15, -0.1) is 0 Å². The van der Waals surface area contributed by atoms with Gasteiger partial charge in [-0.25, -0.2) is 0 Å². The fourth-order valence-corrected chi connectivity index (χ4v) is 2.36. The Morgan fingerprint density at radius 1 is 0.579 bits per heavy atom. The molecule has 0 spiro atoms. The molecule has 0 fully saturated rings. The maximum absolute atomic E-state index is 8.66. The normalized spacial score (nSPS) is 11.5. The highest BCUT2D eigenvalue weighted by Gasteiger charge is 1.90. The number of allylic oxidation sites excluding steroid dienone is 2. The fourth-order valence-electron chi connectivity index (χ4n) is 2.36. The summed E-state index contributed by atoms with van der Waals surface area (Å²) in [6.07, 6.45) is 23.2. The van der Waals surface area contributed by atoms with Gasteiger partial charge in [-0.2, -0.15) is 0 Å². The lowest BCUT2D eigenvalue weighted by atomic mass is 10.1. The molecule has 0 aliphatic heterocycles. The summed E-state index contributed by atoms with van der Waals surface area (Å²) in [7, 11) is 0. The van der Waals surface area contributed by atoms with Crippen LogP contribution in [0.1, 0.15) is 96.8 Å². The van der Waals surface area contributed by atoms with Crippen LogP contribution >= 0.6 is 0 Å². The molecule has 0 radical (unpaired) electrons. The Balaban J connectivity index is 3.01. The van der Waals surface area contributed by atoms with E-state index in [1.54, 1.807) is 0 Å². The Bertz CT molecular complexity index is 175. The molecule has 1 nitrogen and oxygen atoms in total. The van der Waals surface area contributed by atoms with Crippen molar-refractivity contribution < 1.29 is 5.11 Å². The van der Waals surface area contributed by atoms with Crippen LogP contribution in [0.4, 0.5) is 0 Å². The van der Waals surface area contributed by atoms with E-state index in [4.69, 9.17) is 5.11 Å². The second-order valence-corrected chi connectivity index (χ2v) is 5.66. The molecule has 0 unspecified atom stereocenters. The summed E-state index contributed by atoms with van der Waals surface area (Å²) < 4.78 is 0. The van der Waals surface area contributed by atoms with Crippen LogP contribution in [-0.2, 0) is 0 Å². The molecule has 0 aliphatic carbocycles. The van der Waals surface area contributed by atoms with Gasteiger partial charge in [-0.3, -0.25) is 0 Å². The predicted molar refractivity (Wildman–Crippen MR) is 86.5 cm³/mol. The Hall–Kier alpha value is -0.300. The van der Waals surface area contributed by atoms with Crippen molar-refractivity contribution in [1.82, 2.24) is 0 Å². The van der Waals surface area contributed by atoms with E-state index in [-0.39, 0.29) is 0 Å². The summed E-state index contributed by atoms with van der Waals surface area (Å²) in [5.41, 5.74) is 0. The van der Waals surface area contributed by atoms with Gasteiger partial charge in [0.15, 0.2) is 0 Å². The second kappa shape index (κ2) is 17.7. The van der Waals surface area contributed by atoms with E-state index < -0.39 is 0 Å². The zero-order valence-electron chi connectivity index (χ0n) is 13.2. The summed E-state index contributed by atoms with van der Waals surface area (Å²) in [6, 6.07) is 0. The van der Waals surface area contributed by atoms with E-state index in [2.05, 4.69) is 19.1 Å². The predicted octanol–water partition coefficient (Wildman–Crippen LogP) is 6.02. The summed E-state index contributed by atoms with van der Waals surface area (Å²) >= 11 is 0. The molecular weight excluding hydrogens is 232 g/mol. The Kier molecular flexibility index (Phi) is 17.4. The topological polar surface area (TPSA) is 20.2 Å². The van der Waals surface area contributed by atoms with Crippen LogP contribution in [0.15, 0.2) is 12.2 Å². The zero-order valence-corrected chi connectivity index (χ0v) is 13.2. The summed E-state index contributed by atoms with van der Waals surface area (Å²) in [5, 5.41) is 8.66. The first kappa shape index (κ1) is 18.7. The average molecular weight is 268 g/mol. The Morgan fingerprint density at radius 3 is 1.47 bits per heavy atom. The minimum atomic E-state index is 0.362. The standard InChI is InChI=1S/C18H36O/c1-2-3-4-5-6-7-8-9-10-11-12-13-14-15-16-17-18-19/h9-10,19H,2-8,11-18H2,1H3/b10-9+. The quantitative estimate of drug-likeness (QED) is 0.284. The van der Waals surface area contributed by atoms with Gasteiger partial charge in [-0.05, 0) is 32.1 Å². The van der Waals surface area contributed by atoms with Crippen LogP contribution in [0.3, 0.4) is 0 Å². The molecule has 0 saturated carbocycles. The summed E-state index contributed by atoms with van der Waals surface area (Å²) in [6.45, 7) is 2.64. The number of aliphatic hydroxyl groups is 1.